The van der Waals surface area contributed by atoms with E-state index in [1.807, 2.05) is 13.0 Å². The van der Waals surface area contributed by atoms with Crippen molar-refractivity contribution in [3.8, 4) is 0 Å². The van der Waals surface area contributed by atoms with E-state index in [-0.39, 0.29) is 11.9 Å². The number of guanidine groups is 1. The molecule has 1 unspecified atom stereocenters. The van der Waals surface area contributed by atoms with Gasteiger partial charge < -0.3 is 15.5 Å². The van der Waals surface area contributed by atoms with E-state index in [1.54, 1.807) is 26.1 Å². The van der Waals surface area contributed by atoms with Crippen molar-refractivity contribution in [1.82, 2.24) is 15.5 Å². The number of rotatable bonds is 6. The fourth-order valence-electron chi connectivity index (χ4n) is 1.88. The van der Waals surface area contributed by atoms with Crippen LogP contribution in [0.2, 0.25) is 0 Å². The number of hydrogen-bond donors (Lipinski definition) is 2. The summed E-state index contributed by atoms with van der Waals surface area (Å²) in [7, 11) is 3.82. The second-order valence-electron chi connectivity index (χ2n) is 5.27. The zero-order valence-corrected chi connectivity index (χ0v) is 13.7. The first kappa shape index (κ1) is 17.4. The van der Waals surface area contributed by atoms with Crippen molar-refractivity contribution >= 4 is 5.96 Å². The van der Waals surface area contributed by atoms with E-state index in [0.29, 0.717) is 5.56 Å². The molecule has 0 heterocycles. The average molecular weight is 294 g/mol. The molecule has 4 nitrogen and oxygen atoms in total. The van der Waals surface area contributed by atoms with Crippen LogP contribution in [0.1, 0.15) is 31.0 Å². The molecule has 2 N–H and O–H groups in total. The number of hydrogen-bond acceptors (Lipinski definition) is 2. The van der Waals surface area contributed by atoms with Gasteiger partial charge in [-0.15, -0.1) is 0 Å². The van der Waals surface area contributed by atoms with Gasteiger partial charge in [0, 0.05) is 20.1 Å². The Hall–Kier alpha value is -1.62. The molecule has 0 aliphatic rings. The topological polar surface area (TPSA) is 39.7 Å². The number of benzene rings is 1. The second-order valence-corrected chi connectivity index (χ2v) is 5.27. The predicted molar refractivity (Wildman–Crippen MR) is 87.2 cm³/mol. The number of aliphatic imine (C=N–C) groups is 1. The Morgan fingerprint density at radius 2 is 2.14 bits per heavy atom. The van der Waals surface area contributed by atoms with E-state index in [9.17, 15) is 4.39 Å². The zero-order chi connectivity index (χ0) is 15.8. The van der Waals surface area contributed by atoms with Gasteiger partial charge in [0.15, 0.2) is 5.96 Å². The Morgan fingerprint density at radius 3 is 2.71 bits per heavy atom. The molecule has 1 aromatic rings. The van der Waals surface area contributed by atoms with Crippen LogP contribution in [0.25, 0.3) is 0 Å². The van der Waals surface area contributed by atoms with Gasteiger partial charge in [-0.2, -0.15) is 0 Å². The van der Waals surface area contributed by atoms with Gasteiger partial charge in [0.1, 0.15) is 5.82 Å². The number of aryl methyl sites for hydroxylation is 1. The Kier molecular flexibility index (Phi) is 7.15. The highest BCUT2D eigenvalue weighted by Crippen LogP contribution is 2.16. The number of nitrogens with zero attached hydrogens (tertiary/aromatic N) is 2. The molecule has 0 spiro atoms. The molecule has 0 bridgehead atoms. The maximum atomic E-state index is 13.6. The molecule has 0 aliphatic heterocycles. The van der Waals surface area contributed by atoms with E-state index < -0.39 is 0 Å². The third kappa shape index (κ3) is 5.71. The average Bonchev–Trinajstić information content (AvgIpc) is 2.48. The van der Waals surface area contributed by atoms with Crippen LogP contribution in [0.5, 0.6) is 0 Å². The zero-order valence-electron chi connectivity index (χ0n) is 13.7. The minimum absolute atomic E-state index is 0.00444. The molecule has 0 fully saturated rings. The summed E-state index contributed by atoms with van der Waals surface area (Å²) in [6, 6.07) is 5.31. The van der Waals surface area contributed by atoms with Crippen LogP contribution in [-0.2, 0) is 0 Å². The van der Waals surface area contributed by atoms with Crippen molar-refractivity contribution in [3.05, 3.63) is 35.1 Å². The molecule has 5 heteroatoms. The van der Waals surface area contributed by atoms with Crippen LogP contribution in [-0.4, -0.2) is 44.6 Å². The highest BCUT2D eigenvalue weighted by Gasteiger charge is 2.09. The Balaban J connectivity index is 2.54. The van der Waals surface area contributed by atoms with Gasteiger partial charge >= 0.3 is 0 Å². The van der Waals surface area contributed by atoms with E-state index in [4.69, 9.17) is 0 Å². The molecule has 118 valence electrons. The van der Waals surface area contributed by atoms with Gasteiger partial charge in [0.25, 0.3) is 0 Å². The second kappa shape index (κ2) is 8.62. The van der Waals surface area contributed by atoms with Gasteiger partial charge in [0.05, 0.1) is 6.04 Å². The summed E-state index contributed by atoms with van der Waals surface area (Å²) < 4.78 is 13.6. The van der Waals surface area contributed by atoms with E-state index in [1.165, 1.54) is 0 Å². The molecule has 1 aromatic carbocycles. The standard InChI is InChI=1S/C16H27FN4/c1-6-21(5)10-9-19-16(18-4)20-13(3)14-8-7-12(2)15(17)11-14/h7-8,11,13H,6,9-10H2,1-5H3,(H2,18,19,20). The highest BCUT2D eigenvalue weighted by atomic mass is 19.1. The van der Waals surface area contributed by atoms with E-state index in [0.717, 1.165) is 31.2 Å². The van der Waals surface area contributed by atoms with E-state index >= 15 is 0 Å². The number of nitrogens with one attached hydrogen (secondary N) is 2. The lowest BCUT2D eigenvalue weighted by atomic mass is 10.1. The van der Waals surface area contributed by atoms with Gasteiger partial charge in [0.2, 0.25) is 0 Å². The van der Waals surface area contributed by atoms with E-state index in [2.05, 4.69) is 34.5 Å². The van der Waals surface area contributed by atoms with Crippen LogP contribution in [0, 0.1) is 12.7 Å². The third-order valence-corrected chi connectivity index (χ3v) is 3.60. The molecule has 0 radical (unpaired) electrons. The van der Waals surface area contributed by atoms with Crippen LogP contribution < -0.4 is 10.6 Å². The molecular formula is C16H27FN4. The Morgan fingerprint density at radius 1 is 1.43 bits per heavy atom. The fourth-order valence-corrected chi connectivity index (χ4v) is 1.88. The first-order valence-corrected chi connectivity index (χ1v) is 7.39. The van der Waals surface area contributed by atoms with Crippen molar-refractivity contribution < 1.29 is 4.39 Å². The lowest BCUT2D eigenvalue weighted by Crippen LogP contribution is -2.41. The van der Waals surface area contributed by atoms with Crippen molar-refractivity contribution in [2.45, 2.75) is 26.8 Å². The maximum absolute atomic E-state index is 13.6. The Bertz CT molecular complexity index is 473. The molecule has 0 amide bonds. The number of halogens is 1. The van der Waals surface area contributed by atoms with Gasteiger partial charge in [-0.3, -0.25) is 4.99 Å². The summed E-state index contributed by atoms with van der Waals surface area (Å²) in [5.41, 5.74) is 1.57. The van der Waals surface area contributed by atoms with Crippen molar-refractivity contribution in [2.75, 3.05) is 33.7 Å². The van der Waals surface area contributed by atoms with Crippen molar-refractivity contribution in [3.63, 3.8) is 0 Å². The van der Waals surface area contributed by atoms with Crippen LogP contribution >= 0.6 is 0 Å². The summed E-state index contributed by atoms with van der Waals surface area (Å²) in [6.07, 6.45) is 0. The molecule has 21 heavy (non-hydrogen) atoms. The molecular weight excluding hydrogens is 267 g/mol. The fraction of sp³-hybridized carbons (Fsp3) is 0.562. The smallest absolute Gasteiger partial charge is 0.191 e. The van der Waals surface area contributed by atoms with Crippen LogP contribution in [0.3, 0.4) is 0 Å². The lowest BCUT2D eigenvalue weighted by molar-refractivity contribution is 0.357. The molecule has 1 rings (SSSR count). The third-order valence-electron chi connectivity index (χ3n) is 3.60. The maximum Gasteiger partial charge on any atom is 0.191 e. The lowest BCUT2D eigenvalue weighted by Gasteiger charge is -2.20. The molecule has 0 saturated heterocycles. The monoisotopic (exact) mass is 294 g/mol. The minimum Gasteiger partial charge on any atom is -0.355 e. The minimum atomic E-state index is -0.173. The quantitative estimate of drug-likeness (QED) is 0.625. The first-order chi connectivity index (χ1) is 9.97. The molecule has 0 aromatic heterocycles. The number of likely N-dealkylation sites (N-methyl/N-ethyl adjacent to an activating group) is 1. The normalized spacial score (nSPS) is 13.4. The summed E-state index contributed by atoms with van der Waals surface area (Å²) in [5.74, 6) is 0.557. The first-order valence-electron chi connectivity index (χ1n) is 7.39. The van der Waals surface area contributed by atoms with Crippen LogP contribution in [0.4, 0.5) is 4.39 Å². The summed E-state index contributed by atoms with van der Waals surface area (Å²) in [5, 5.41) is 6.54. The summed E-state index contributed by atoms with van der Waals surface area (Å²) in [4.78, 5) is 6.42. The van der Waals surface area contributed by atoms with Gasteiger partial charge in [-0.05, 0) is 44.6 Å². The van der Waals surface area contributed by atoms with Crippen molar-refractivity contribution in [1.29, 1.82) is 0 Å². The summed E-state index contributed by atoms with van der Waals surface area (Å²) >= 11 is 0. The van der Waals surface area contributed by atoms with Gasteiger partial charge in [-0.1, -0.05) is 19.1 Å². The largest absolute Gasteiger partial charge is 0.355 e. The SMILES string of the molecule is CCN(C)CCNC(=NC)NC(C)c1ccc(C)c(F)c1. The molecule has 0 saturated carbocycles. The van der Waals surface area contributed by atoms with Crippen LogP contribution in [0.15, 0.2) is 23.2 Å². The molecule has 1 atom stereocenters. The van der Waals surface area contributed by atoms with Crippen molar-refractivity contribution in [2.24, 2.45) is 4.99 Å². The predicted octanol–water partition coefficient (Wildman–Crippen LogP) is 2.31. The summed E-state index contributed by atoms with van der Waals surface area (Å²) in [6.45, 7) is 8.68. The highest BCUT2D eigenvalue weighted by molar-refractivity contribution is 5.80. The Labute approximate surface area is 127 Å². The molecule has 0 aliphatic carbocycles. The van der Waals surface area contributed by atoms with Gasteiger partial charge in [-0.25, -0.2) is 4.39 Å².